The molecule has 1 aromatic rings. The standard InChI is InChI=1S/C14H23N3O2/c1-17(2)12-8-9-15-14(19-3)13(12)16-10-4-6-11(18)7-5-10/h8-11,16,18H,4-7H2,1-3H3. The molecule has 5 heteroatoms. The van der Waals surface area contributed by atoms with Crippen molar-refractivity contribution in [3.63, 3.8) is 0 Å². The van der Waals surface area contributed by atoms with Gasteiger partial charge in [-0.25, -0.2) is 4.98 Å². The molecule has 0 aliphatic heterocycles. The Labute approximate surface area is 114 Å². The molecule has 1 aliphatic rings. The second-order valence-corrected chi connectivity index (χ2v) is 5.26. The molecule has 0 amide bonds. The van der Waals surface area contributed by atoms with Crippen LogP contribution in [0.4, 0.5) is 11.4 Å². The minimum Gasteiger partial charge on any atom is -0.479 e. The Hall–Kier alpha value is -1.49. The fourth-order valence-electron chi connectivity index (χ4n) is 2.52. The van der Waals surface area contributed by atoms with Gasteiger partial charge in [0, 0.05) is 26.3 Å². The van der Waals surface area contributed by atoms with Gasteiger partial charge in [0.1, 0.15) is 5.69 Å². The van der Waals surface area contributed by atoms with Crippen LogP contribution in [0.1, 0.15) is 25.7 Å². The van der Waals surface area contributed by atoms with Crippen LogP contribution in [-0.2, 0) is 0 Å². The quantitative estimate of drug-likeness (QED) is 0.870. The number of aliphatic hydroxyl groups excluding tert-OH is 1. The lowest BCUT2D eigenvalue weighted by atomic mass is 9.93. The van der Waals surface area contributed by atoms with Crippen LogP contribution in [0.3, 0.4) is 0 Å². The number of pyridine rings is 1. The van der Waals surface area contributed by atoms with Crippen LogP contribution >= 0.6 is 0 Å². The molecule has 5 nitrogen and oxygen atoms in total. The van der Waals surface area contributed by atoms with E-state index in [1.165, 1.54) is 0 Å². The van der Waals surface area contributed by atoms with E-state index in [1.54, 1.807) is 13.3 Å². The first-order valence-corrected chi connectivity index (χ1v) is 6.76. The van der Waals surface area contributed by atoms with E-state index in [4.69, 9.17) is 4.74 Å². The van der Waals surface area contributed by atoms with Gasteiger partial charge < -0.3 is 20.1 Å². The van der Waals surface area contributed by atoms with Crippen molar-refractivity contribution >= 4 is 11.4 Å². The fourth-order valence-corrected chi connectivity index (χ4v) is 2.52. The number of hydrogen-bond acceptors (Lipinski definition) is 5. The maximum Gasteiger partial charge on any atom is 0.239 e. The summed E-state index contributed by atoms with van der Waals surface area (Å²) in [5, 5.41) is 13.1. The molecule has 0 unspecified atom stereocenters. The van der Waals surface area contributed by atoms with Crippen LogP contribution in [0.15, 0.2) is 12.3 Å². The van der Waals surface area contributed by atoms with Gasteiger partial charge in [0.05, 0.1) is 18.9 Å². The van der Waals surface area contributed by atoms with Gasteiger partial charge in [-0.05, 0) is 31.7 Å². The zero-order chi connectivity index (χ0) is 13.8. The summed E-state index contributed by atoms with van der Waals surface area (Å²) in [4.78, 5) is 6.31. The Morgan fingerprint density at radius 1 is 1.32 bits per heavy atom. The molecule has 0 spiro atoms. The van der Waals surface area contributed by atoms with E-state index in [9.17, 15) is 5.11 Å². The molecule has 0 atom stereocenters. The van der Waals surface area contributed by atoms with E-state index in [2.05, 4.69) is 10.3 Å². The average molecular weight is 265 g/mol. The van der Waals surface area contributed by atoms with Gasteiger partial charge in [-0.15, -0.1) is 0 Å². The number of anilines is 2. The van der Waals surface area contributed by atoms with Crippen LogP contribution in [0.2, 0.25) is 0 Å². The second kappa shape index (κ2) is 6.10. The van der Waals surface area contributed by atoms with Gasteiger partial charge in [-0.3, -0.25) is 0 Å². The predicted octanol–water partition coefficient (Wildman–Crippen LogP) is 1.87. The lowest BCUT2D eigenvalue weighted by molar-refractivity contribution is 0.126. The van der Waals surface area contributed by atoms with Crippen molar-refractivity contribution in [1.29, 1.82) is 0 Å². The highest BCUT2D eigenvalue weighted by Gasteiger charge is 2.22. The van der Waals surface area contributed by atoms with Crippen molar-refractivity contribution in [3.05, 3.63) is 12.3 Å². The van der Waals surface area contributed by atoms with E-state index in [-0.39, 0.29) is 6.10 Å². The predicted molar refractivity (Wildman–Crippen MR) is 77.0 cm³/mol. The second-order valence-electron chi connectivity index (χ2n) is 5.26. The van der Waals surface area contributed by atoms with Gasteiger partial charge in [-0.2, -0.15) is 0 Å². The lowest BCUT2D eigenvalue weighted by Crippen LogP contribution is -2.29. The summed E-state index contributed by atoms with van der Waals surface area (Å²) in [5.74, 6) is 0.623. The van der Waals surface area contributed by atoms with Crippen LogP contribution in [0, 0.1) is 0 Å². The van der Waals surface area contributed by atoms with Gasteiger partial charge in [0.15, 0.2) is 0 Å². The molecular formula is C14H23N3O2. The van der Waals surface area contributed by atoms with E-state index < -0.39 is 0 Å². The molecule has 1 aliphatic carbocycles. The third kappa shape index (κ3) is 3.29. The number of methoxy groups -OCH3 is 1. The van der Waals surface area contributed by atoms with E-state index >= 15 is 0 Å². The molecule has 0 saturated heterocycles. The van der Waals surface area contributed by atoms with E-state index in [0.29, 0.717) is 11.9 Å². The minimum absolute atomic E-state index is 0.137. The topological polar surface area (TPSA) is 57.6 Å². The number of aromatic nitrogens is 1. The molecule has 0 aromatic carbocycles. The zero-order valence-electron chi connectivity index (χ0n) is 11.9. The normalized spacial score (nSPS) is 22.9. The highest BCUT2D eigenvalue weighted by atomic mass is 16.5. The number of nitrogens with one attached hydrogen (secondary N) is 1. The van der Waals surface area contributed by atoms with Crippen molar-refractivity contribution < 1.29 is 9.84 Å². The monoisotopic (exact) mass is 265 g/mol. The fraction of sp³-hybridized carbons (Fsp3) is 0.643. The molecule has 19 heavy (non-hydrogen) atoms. The Morgan fingerprint density at radius 2 is 2.00 bits per heavy atom. The first-order chi connectivity index (χ1) is 9.11. The molecule has 0 bridgehead atoms. The van der Waals surface area contributed by atoms with Crippen molar-refractivity contribution in [2.24, 2.45) is 0 Å². The van der Waals surface area contributed by atoms with Crippen molar-refractivity contribution in [3.8, 4) is 5.88 Å². The molecule has 1 saturated carbocycles. The molecular weight excluding hydrogens is 242 g/mol. The minimum atomic E-state index is -0.137. The summed E-state index contributed by atoms with van der Waals surface area (Å²) < 4.78 is 5.35. The Kier molecular flexibility index (Phi) is 4.47. The average Bonchev–Trinajstić information content (AvgIpc) is 2.41. The maximum absolute atomic E-state index is 9.56. The molecule has 1 heterocycles. The van der Waals surface area contributed by atoms with Crippen LogP contribution < -0.4 is 15.0 Å². The van der Waals surface area contributed by atoms with Crippen molar-refractivity contribution in [1.82, 2.24) is 4.98 Å². The lowest BCUT2D eigenvalue weighted by Gasteiger charge is -2.29. The first-order valence-electron chi connectivity index (χ1n) is 6.76. The van der Waals surface area contributed by atoms with Crippen molar-refractivity contribution in [2.75, 3.05) is 31.4 Å². The summed E-state index contributed by atoms with van der Waals surface area (Å²) in [6.07, 6.45) is 5.29. The molecule has 2 rings (SSSR count). The summed E-state index contributed by atoms with van der Waals surface area (Å²) in [7, 11) is 5.65. The third-order valence-corrected chi connectivity index (χ3v) is 3.61. The van der Waals surface area contributed by atoms with Crippen LogP contribution in [-0.4, -0.2) is 43.4 Å². The Bertz CT molecular complexity index is 415. The van der Waals surface area contributed by atoms with Gasteiger partial charge in [0.25, 0.3) is 0 Å². The number of rotatable bonds is 4. The van der Waals surface area contributed by atoms with Gasteiger partial charge >= 0.3 is 0 Å². The molecule has 0 radical (unpaired) electrons. The van der Waals surface area contributed by atoms with E-state index in [0.717, 1.165) is 37.1 Å². The number of hydrogen-bond donors (Lipinski definition) is 2. The number of nitrogens with zero attached hydrogens (tertiary/aromatic N) is 2. The first kappa shape index (κ1) is 13.9. The SMILES string of the molecule is COc1nccc(N(C)C)c1NC1CCC(O)CC1. The number of ether oxygens (including phenoxy) is 1. The highest BCUT2D eigenvalue weighted by molar-refractivity contribution is 5.74. The third-order valence-electron chi connectivity index (χ3n) is 3.61. The number of aliphatic hydroxyl groups is 1. The Balaban J connectivity index is 2.18. The van der Waals surface area contributed by atoms with Gasteiger partial charge in [0.2, 0.25) is 5.88 Å². The molecule has 106 valence electrons. The summed E-state index contributed by atoms with van der Waals surface area (Å²) >= 11 is 0. The molecule has 2 N–H and O–H groups in total. The molecule has 1 fully saturated rings. The van der Waals surface area contributed by atoms with Gasteiger partial charge in [-0.1, -0.05) is 0 Å². The van der Waals surface area contributed by atoms with E-state index in [1.807, 2.05) is 25.1 Å². The maximum atomic E-state index is 9.56. The smallest absolute Gasteiger partial charge is 0.239 e. The van der Waals surface area contributed by atoms with Crippen molar-refractivity contribution in [2.45, 2.75) is 37.8 Å². The molecule has 1 aromatic heterocycles. The Morgan fingerprint density at radius 3 is 2.58 bits per heavy atom. The summed E-state index contributed by atoms with van der Waals surface area (Å²) in [6, 6.07) is 2.35. The summed E-state index contributed by atoms with van der Waals surface area (Å²) in [6.45, 7) is 0. The van der Waals surface area contributed by atoms with Crippen LogP contribution in [0.25, 0.3) is 0 Å². The summed E-state index contributed by atoms with van der Waals surface area (Å²) in [5.41, 5.74) is 2.01. The largest absolute Gasteiger partial charge is 0.479 e. The zero-order valence-corrected chi connectivity index (χ0v) is 11.9. The van der Waals surface area contributed by atoms with Crippen LogP contribution in [0.5, 0.6) is 5.88 Å². The highest BCUT2D eigenvalue weighted by Crippen LogP contribution is 2.34.